The van der Waals surface area contributed by atoms with Gasteiger partial charge < -0.3 is 15.2 Å². The maximum Gasteiger partial charge on any atom is 0.270 e. The van der Waals surface area contributed by atoms with E-state index in [1.54, 1.807) is 18.2 Å². The third kappa shape index (κ3) is 3.62. The Morgan fingerprint density at radius 2 is 2.15 bits per heavy atom. The first-order valence-corrected chi connectivity index (χ1v) is 6.18. The van der Waals surface area contributed by atoms with Crippen LogP contribution in [0, 0.1) is 10.1 Å². The van der Waals surface area contributed by atoms with E-state index in [9.17, 15) is 10.1 Å². The molecule has 0 saturated carbocycles. The molecule has 1 aromatic carbocycles. The molecule has 0 aliphatic rings. The summed E-state index contributed by atoms with van der Waals surface area (Å²) in [5, 5.41) is 23.0. The summed E-state index contributed by atoms with van der Waals surface area (Å²) in [5.41, 5.74) is 0.745. The van der Waals surface area contributed by atoms with Crippen LogP contribution < -0.4 is 5.32 Å². The zero-order valence-electron chi connectivity index (χ0n) is 10.8. The number of nitro groups is 1. The molecule has 0 aliphatic heterocycles. The van der Waals surface area contributed by atoms with Crippen molar-refractivity contribution in [2.24, 2.45) is 0 Å². The van der Waals surface area contributed by atoms with Crippen LogP contribution in [0.3, 0.4) is 0 Å². The number of pyridine rings is 1. The summed E-state index contributed by atoms with van der Waals surface area (Å²) in [5.74, 6) is 0.680. The third-order valence-corrected chi connectivity index (χ3v) is 2.67. The third-order valence-electron chi connectivity index (χ3n) is 2.67. The van der Waals surface area contributed by atoms with Crippen LogP contribution in [-0.2, 0) is 4.74 Å². The summed E-state index contributed by atoms with van der Waals surface area (Å²) in [4.78, 5) is 14.6. The van der Waals surface area contributed by atoms with Crippen molar-refractivity contribution in [2.75, 3.05) is 31.7 Å². The number of non-ortho nitro benzene ring substituents is 1. The maximum absolute atomic E-state index is 10.7. The number of aromatic nitrogens is 1. The van der Waals surface area contributed by atoms with Gasteiger partial charge in [0.1, 0.15) is 5.82 Å². The average Bonchev–Trinajstić information content (AvgIpc) is 2.46. The van der Waals surface area contributed by atoms with Gasteiger partial charge >= 0.3 is 0 Å². The molecule has 0 saturated heterocycles. The number of anilines is 1. The molecule has 2 rings (SSSR count). The highest BCUT2D eigenvalue weighted by atomic mass is 16.6. The quantitative estimate of drug-likeness (QED) is 0.453. The molecule has 1 heterocycles. The van der Waals surface area contributed by atoms with Crippen LogP contribution in [0.5, 0.6) is 0 Å². The minimum atomic E-state index is -0.426. The molecule has 0 amide bonds. The van der Waals surface area contributed by atoms with Gasteiger partial charge in [-0.2, -0.15) is 0 Å². The lowest BCUT2D eigenvalue weighted by Gasteiger charge is -2.07. The van der Waals surface area contributed by atoms with Crippen LogP contribution >= 0.6 is 0 Å². The van der Waals surface area contributed by atoms with Crippen LogP contribution in [0.4, 0.5) is 11.5 Å². The van der Waals surface area contributed by atoms with Crippen molar-refractivity contribution in [1.82, 2.24) is 4.98 Å². The number of nitrogens with zero attached hydrogens (tertiary/aromatic N) is 2. The van der Waals surface area contributed by atoms with Gasteiger partial charge in [0.25, 0.3) is 5.69 Å². The van der Waals surface area contributed by atoms with Gasteiger partial charge in [-0.15, -0.1) is 0 Å². The average molecular weight is 277 g/mol. The Balaban J connectivity index is 2.02. The van der Waals surface area contributed by atoms with Gasteiger partial charge in [-0.3, -0.25) is 10.1 Å². The number of aliphatic hydroxyl groups is 1. The van der Waals surface area contributed by atoms with Gasteiger partial charge in [0.15, 0.2) is 0 Å². The van der Waals surface area contributed by atoms with Crippen LogP contribution in [0.25, 0.3) is 10.9 Å². The molecule has 0 fully saturated rings. The summed E-state index contributed by atoms with van der Waals surface area (Å²) in [7, 11) is 0. The fraction of sp³-hybridized carbons (Fsp3) is 0.308. The topological polar surface area (TPSA) is 97.5 Å². The minimum absolute atomic E-state index is 0.00695. The Hall–Kier alpha value is -2.25. The SMILES string of the molecule is O=[N+]([O-])c1ccc2nc(NCCOCCO)ccc2c1. The number of benzene rings is 1. The lowest BCUT2D eigenvalue weighted by molar-refractivity contribution is -0.384. The van der Waals surface area contributed by atoms with E-state index in [-0.39, 0.29) is 12.3 Å². The zero-order valence-corrected chi connectivity index (χ0v) is 10.8. The molecule has 0 bridgehead atoms. The van der Waals surface area contributed by atoms with E-state index in [4.69, 9.17) is 9.84 Å². The van der Waals surface area contributed by atoms with Crippen molar-refractivity contribution in [2.45, 2.75) is 0 Å². The summed E-state index contributed by atoms with van der Waals surface area (Å²) < 4.78 is 5.12. The number of hydrogen-bond donors (Lipinski definition) is 2. The predicted molar refractivity (Wildman–Crippen MR) is 74.8 cm³/mol. The Bertz CT molecular complexity index is 603. The van der Waals surface area contributed by atoms with Gasteiger partial charge in [-0.25, -0.2) is 4.98 Å². The van der Waals surface area contributed by atoms with Gasteiger partial charge in [0, 0.05) is 24.1 Å². The molecule has 7 nitrogen and oxygen atoms in total. The molecule has 2 aromatic rings. The van der Waals surface area contributed by atoms with E-state index in [1.165, 1.54) is 12.1 Å². The van der Waals surface area contributed by atoms with Gasteiger partial charge in [-0.05, 0) is 18.2 Å². The normalized spacial score (nSPS) is 10.7. The lowest BCUT2D eigenvalue weighted by Crippen LogP contribution is -2.12. The minimum Gasteiger partial charge on any atom is -0.394 e. The van der Waals surface area contributed by atoms with Crippen LogP contribution in [0.1, 0.15) is 0 Å². The maximum atomic E-state index is 10.7. The highest BCUT2D eigenvalue weighted by Gasteiger charge is 2.06. The smallest absolute Gasteiger partial charge is 0.270 e. The van der Waals surface area contributed by atoms with E-state index in [0.29, 0.717) is 31.1 Å². The molecule has 7 heteroatoms. The fourth-order valence-electron chi connectivity index (χ4n) is 1.74. The molecule has 0 spiro atoms. The number of fused-ring (bicyclic) bond motifs is 1. The van der Waals surface area contributed by atoms with E-state index < -0.39 is 4.92 Å². The van der Waals surface area contributed by atoms with E-state index >= 15 is 0 Å². The highest BCUT2D eigenvalue weighted by Crippen LogP contribution is 2.20. The fourth-order valence-corrected chi connectivity index (χ4v) is 1.74. The molecule has 2 N–H and O–H groups in total. The highest BCUT2D eigenvalue weighted by molar-refractivity contribution is 5.82. The molecule has 0 atom stereocenters. The largest absolute Gasteiger partial charge is 0.394 e. The summed E-state index contributed by atoms with van der Waals surface area (Å²) in [6.07, 6.45) is 0. The van der Waals surface area contributed by atoms with Gasteiger partial charge in [0.05, 0.1) is 30.3 Å². The molecule has 1 aromatic heterocycles. The summed E-state index contributed by atoms with van der Waals surface area (Å²) in [6.45, 7) is 1.37. The molecule has 20 heavy (non-hydrogen) atoms. The molecule has 0 unspecified atom stereocenters. The number of rotatable bonds is 7. The molecule has 106 valence electrons. The first-order chi connectivity index (χ1) is 9.70. The van der Waals surface area contributed by atoms with Crippen LogP contribution in [-0.4, -0.2) is 41.4 Å². The second-order valence-corrected chi connectivity index (χ2v) is 4.09. The van der Waals surface area contributed by atoms with Crippen LogP contribution in [0.2, 0.25) is 0 Å². The van der Waals surface area contributed by atoms with Crippen molar-refractivity contribution in [1.29, 1.82) is 0 Å². The number of nitro benzene ring substituents is 1. The molecular formula is C13H15N3O4. The van der Waals surface area contributed by atoms with E-state index in [0.717, 1.165) is 5.39 Å². The van der Waals surface area contributed by atoms with Crippen molar-refractivity contribution < 1.29 is 14.8 Å². The van der Waals surface area contributed by atoms with Crippen molar-refractivity contribution in [3.63, 3.8) is 0 Å². The first-order valence-electron chi connectivity index (χ1n) is 6.18. The Labute approximate surface area is 115 Å². The van der Waals surface area contributed by atoms with Gasteiger partial charge in [-0.1, -0.05) is 0 Å². The number of nitrogens with one attached hydrogen (secondary N) is 1. The predicted octanol–water partition coefficient (Wildman–Crippen LogP) is 1.56. The van der Waals surface area contributed by atoms with Crippen molar-refractivity contribution >= 4 is 22.4 Å². The van der Waals surface area contributed by atoms with Gasteiger partial charge in [0.2, 0.25) is 0 Å². The Morgan fingerprint density at radius 1 is 1.30 bits per heavy atom. The Kier molecular flexibility index (Phi) is 4.80. The number of ether oxygens (including phenoxy) is 1. The molecular weight excluding hydrogens is 262 g/mol. The lowest BCUT2D eigenvalue weighted by atomic mass is 10.2. The Morgan fingerprint density at radius 3 is 2.90 bits per heavy atom. The van der Waals surface area contributed by atoms with Crippen LogP contribution in [0.15, 0.2) is 30.3 Å². The first kappa shape index (κ1) is 14.2. The second-order valence-electron chi connectivity index (χ2n) is 4.09. The van der Waals surface area contributed by atoms with Crippen molar-refractivity contribution in [3.05, 3.63) is 40.4 Å². The number of hydrogen-bond acceptors (Lipinski definition) is 6. The molecule has 0 aliphatic carbocycles. The van der Waals surface area contributed by atoms with E-state index in [2.05, 4.69) is 10.3 Å². The summed E-state index contributed by atoms with van der Waals surface area (Å²) >= 11 is 0. The number of aliphatic hydroxyl groups excluding tert-OH is 1. The molecule has 0 radical (unpaired) electrons. The monoisotopic (exact) mass is 277 g/mol. The zero-order chi connectivity index (χ0) is 14.4. The summed E-state index contributed by atoms with van der Waals surface area (Å²) in [6, 6.07) is 8.10. The second kappa shape index (κ2) is 6.78. The van der Waals surface area contributed by atoms with Crippen molar-refractivity contribution in [3.8, 4) is 0 Å². The standard InChI is InChI=1S/C13H15N3O4/c17-6-8-20-7-5-14-13-4-1-10-9-11(16(18)19)2-3-12(10)15-13/h1-4,9,17H,5-8H2,(H,14,15). The van der Waals surface area contributed by atoms with E-state index in [1.807, 2.05) is 0 Å².